The minimum Gasteiger partial charge on any atom is -0.657 e. The Hall–Kier alpha value is -2.18. The fourth-order valence-electron chi connectivity index (χ4n) is 5.68. The number of hydrogen-bond acceptors (Lipinski definition) is 2. The van der Waals surface area contributed by atoms with Gasteiger partial charge in [0.1, 0.15) is 0 Å². The first-order chi connectivity index (χ1) is 19.8. The molecule has 0 radical (unpaired) electrons. The molecule has 208 valence electrons. The molecule has 2 heterocycles. The Balaban J connectivity index is 0.000000224. The largest absolute Gasteiger partial charge is 1.00 e. The van der Waals surface area contributed by atoms with Crippen molar-refractivity contribution in [1.82, 2.24) is 9.80 Å². The van der Waals surface area contributed by atoms with Crippen LogP contribution in [0.2, 0.25) is 0 Å². The minimum absolute atomic E-state index is 0. The summed E-state index contributed by atoms with van der Waals surface area (Å²) in [5.41, 5.74) is 8.62. The summed E-state index contributed by atoms with van der Waals surface area (Å²) >= 11 is 0. The van der Waals surface area contributed by atoms with Gasteiger partial charge in [0.2, 0.25) is 0 Å². The molecule has 0 N–H and O–H groups in total. The van der Waals surface area contributed by atoms with Gasteiger partial charge in [-0.25, -0.2) is 6.42 Å². The molecule has 0 aliphatic carbocycles. The van der Waals surface area contributed by atoms with E-state index in [1.54, 1.807) is 0 Å². The van der Waals surface area contributed by atoms with Gasteiger partial charge in [0.15, 0.2) is 0 Å². The first kappa shape index (κ1) is 34.3. The zero-order chi connectivity index (χ0) is 27.4. The number of hydrogen-bond donors (Lipinski definition) is 0. The molecular weight excluding hydrogens is 500 g/mol. The van der Waals surface area contributed by atoms with Crippen LogP contribution in [0.15, 0.2) is 109 Å². The molecule has 1 unspecified atom stereocenters. The Morgan fingerprint density at radius 2 is 1.14 bits per heavy atom. The van der Waals surface area contributed by atoms with Crippen molar-refractivity contribution in [2.75, 3.05) is 32.7 Å². The molecule has 1 atom stereocenters. The van der Waals surface area contributed by atoms with Gasteiger partial charge in [-0.2, -0.15) is 30.7 Å². The molecule has 2 aliphatic heterocycles. The van der Waals surface area contributed by atoms with Gasteiger partial charge in [-0.15, -0.1) is 12.1 Å². The van der Waals surface area contributed by atoms with Gasteiger partial charge in [-0.3, -0.25) is 4.90 Å². The van der Waals surface area contributed by atoms with E-state index in [-0.39, 0.29) is 43.8 Å². The van der Waals surface area contributed by atoms with Crippen molar-refractivity contribution in [1.29, 1.82) is 0 Å². The molecule has 3 nitrogen and oxygen atoms in total. The van der Waals surface area contributed by atoms with Gasteiger partial charge in [-0.05, 0) is 48.2 Å². The number of nitrogens with zero attached hydrogens (tertiary/aromatic N) is 3. The van der Waals surface area contributed by atoms with Gasteiger partial charge < -0.3 is 17.1 Å². The molecule has 4 aromatic carbocycles. The SMILES string of the molecule is [CH2-]CC[N-]C(CN1CCc2ccccc2C1)c1ccccc1.[Li+].[Li+].c1ccc([CH-]CN2CCc3ccccc3C2)cc1. The summed E-state index contributed by atoms with van der Waals surface area (Å²) in [4.78, 5) is 5.04. The van der Waals surface area contributed by atoms with Crippen molar-refractivity contribution >= 4 is 0 Å². The van der Waals surface area contributed by atoms with Gasteiger partial charge in [0, 0.05) is 26.2 Å². The van der Waals surface area contributed by atoms with Crippen molar-refractivity contribution in [2.45, 2.75) is 38.4 Å². The van der Waals surface area contributed by atoms with E-state index >= 15 is 0 Å². The second kappa shape index (κ2) is 18.5. The summed E-state index contributed by atoms with van der Waals surface area (Å²) in [6.07, 6.45) is 5.51. The van der Waals surface area contributed by atoms with Crippen LogP contribution < -0.4 is 37.7 Å². The third-order valence-electron chi connectivity index (χ3n) is 7.93. The fraction of sp³-hybridized carbons (Fsp3) is 0.297. The molecule has 0 amide bonds. The van der Waals surface area contributed by atoms with Crippen LogP contribution >= 0.6 is 0 Å². The molecule has 0 spiro atoms. The van der Waals surface area contributed by atoms with Crippen molar-refractivity contribution < 1.29 is 37.7 Å². The Bertz CT molecular complexity index is 1300. The van der Waals surface area contributed by atoms with E-state index in [2.05, 4.69) is 132 Å². The van der Waals surface area contributed by atoms with Crippen LogP contribution in [0.5, 0.6) is 0 Å². The molecule has 0 aromatic heterocycles. The van der Waals surface area contributed by atoms with Crippen LogP contribution in [0, 0.1) is 13.3 Å². The normalized spacial score (nSPS) is 15.0. The maximum atomic E-state index is 4.86. The summed E-state index contributed by atoms with van der Waals surface area (Å²) in [5, 5.41) is 4.86. The van der Waals surface area contributed by atoms with E-state index in [1.165, 1.54) is 46.3 Å². The third-order valence-corrected chi connectivity index (χ3v) is 7.93. The second-order valence-corrected chi connectivity index (χ2v) is 10.8. The molecule has 0 saturated carbocycles. The van der Waals surface area contributed by atoms with Crippen LogP contribution in [0.1, 0.15) is 45.8 Å². The van der Waals surface area contributed by atoms with E-state index in [0.717, 1.165) is 52.1 Å². The summed E-state index contributed by atoms with van der Waals surface area (Å²) in [6.45, 7) is 11.2. The number of benzene rings is 4. The van der Waals surface area contributed by atoms with E-state index in [1.807, 2.05) is 0 Å². The van der Waals surface area contributed by atoms with Crippen molar-refractivity contribution in [3.05, 3.63) is 161 Å². The van der Waals surface area contributed by atoms with Crippen LogP contribution in [-0.2, 0) is 25.9 Å². The average molecular weight is 543 g/mol. The van der Waals surface area contributed by atoms with Crippen LogP contribution in [0.4, 0.5) is 0 Å². The zero-order valence-corrected chi connectivity index (χ0v) is 25.7. The Kier molecular flexibility index (Phi) is 15.1. The minimum atomic E-state index is 0. The fourth-order valence-corrected chi connectivity index (χ4v) is 5.68. The smallest absolute Gasteiger partial charge is 0.657 e. The number of rotatable bonds is 9. The Morgan fingerprint density at radius 1 is 0.643 bits per heavy atom. The quantitative estimate of drug-likeness (QED) is 0.237. The molecule has 2 aliphatic rings. The van der Waals surface area contributed by atoms with Gasteiger partial charge in [0.25, 0.3) is 0 Å². The molecule has 6 rings (SSSR count). The van der Waals surface area contributed by atoms with Crippen molar-refractivity contribution in [3.63, 3.8) is 0 Å². The molecule has 0 saturated heterocycles. The van der Waals surface area contributed by atoms with Gasteiger partial charge in [-0.1, -0.05) is 96.5 Å². The first-order valence-electron chi connectivity index (χ1n) is 14.8. The Morgan fingerprint density at radius 3 is 1.74 bits per heavy atom. The van der Waals surface area contributed by atoms with E-state index in [9.17, 15) is 0 Å². The maximum absolute atomic E-state index is 4.86. The summed E-state index contributed by atoms with van der Waals surface area (Å²) < 4.78 is 0. The van der Waals surface area contributed by atoms with E-state index in [4.69, 9.17) is 5.32 Å². The average Bonchev–Trinajstić information content (AvgIpc) is 3.03. The molecule has 5 heteroatoms. The summed E-state index contributed by atoms with van der Waals surface area (Å²) in [6, 6.07) is 39.1. The molecular formula is C37H42Li2N3-. The monoisotopic (exact) mass is 542 g/mol. The summed E-state index contributed by atoms with van der Waals surface area (Å²) in [5.74, 6) is 0. The maximum Gasteiger partial charge on any atom is 1.00 e. The molecule has 0 fully saturated rings. The Labute approximate surface area is 278 Å². The number of fused-ring (bicyclic) bond motifs is 2. The van der Waals surface area contributed by atoms with Crippen molar-refractivity contribution in [2.24, 2.45) is 0 Å². The first-order valence-corrected chi connectivity index (χ1v) is 14.8. The van der Waals surface area contributed by atoms with Gasteiger partial charge >= 0.3 is 37.7 Å². The predicted molar refractivity (Wildman–Crippen MR) is 168 cm³/mol. The topological polar surface area (TPSA) is 20.6 Å². The van der Waals surface area contributed by atoms with Crippen LogP contribution in [-0.4, -0.2) is 42.5 Å². The molecule has 42 heavy (non-hydrogen) atoms. The second-order valence-electron chi connectivity index (χ2n) is 10.8. The van der Waals surface area contributed by atoms with E-state index < -0.39 is 0 Å². The standard InChI is InChI=1S/C20H24N2.C17H18N.2Li/c1-2-13-21-20(18-9-4-3-5-10-18)16-22-14-12-17-8-6-7-11-19(17)15-22;1-2-6-15(7-3-1)10-12-18-13-11-16-8-4-5-9-17(16)14-18;;/h3-11,20H,1-2,12-16H2;1-10H,11-14H2;;/q-2;-1;2*+1. The van der Waals surface area contributed by atoms with Crippen molar-refractivity contribution in [3.8, 4) is 0 Å². The van der Waals surface area contributed by atoms with Gasteiger partial charge in [0.05, 0.1) is 0 Å². The summed E-state index contributed by atoms with van der Waals surface area (Å²) in [7, 11) is 0. The zero-order valence-electron chi connectivity index (χ0n) is 25.7. The predicted octanol–water partition coefficient (Wildman–Crippen LogP) is 1.69. The van der Waals surface area contributed by atoms with Crippen LogP contribution in [0.3, 0.4) is 0 Å². The molecule has 4 aromatic rings. The van der Waals surface area contributed by atoms with Crippen LogP contribution in [0.25, 0.3) is 5.32 Å². The molecule has 0 bridgehead atoms. The third kappa shape index (κ3) is 10.2. The van der Waals surface area contributed by atoms with E-state index in [0.29, 0.717) is 0 Å².